The van der Waals surface area contributed by atoms with E-state index in [2.05, 4.69) is 55.4 Å². The van der Waals surface area contributed by atoms with Crippen LogP contribution in [0.4, 0.5) is 23.1 Å². The number of para-hydroxylation sites is 2. The van der Waals surface area contributed by atoms with Gasteiger partial charge in [0, 0.05) is 28.5 Å². The van der Waals surface area contributed by atoms with Gasteiger partial charge in [0.05, 0.1) is 5.69 Å². The van der Waals surface area contributed by atoms with Gasteiger partial charge in [-0.15, -0.1) is 0 Å². The number of nitrogens with zero attached hydrogens (tertiary/aromatic N) is 3. The van der Waals surface area contributed by atoms with E-state index in [-0.39, 0.29) is 0 Å². The van der Waals surface area contributed by atoms with Crippen molar-refractivity contribution in [2.45, 2.75) is 19.8 Å². The summed E-state index contributed by atoms with van der Waals surface area (Å²) in [6.45, 7) is 2.95. The van der Waals surface area contributed by atoms with Crippen LogP contribution in [0.5, 0.6) is 0 Å². The molecule has 1 aliphatic heterocycles. The number of halogens is 1. The number of nitrogens with one attached hydrogen (secondary N) is 1. The summed E-state index contributed by atoms with van der Waals surface area (Å²) in [5.41, 5.74) is 4.51. The molecule has 0 unspecified atom stereocenters. The minimum Gasteiger partial charge on any atom is -0.339 e. The zero-order valence-corrected chi connectivity index (χ0v) is 15.6. The molecule has 0 atom stereocenters. The summed E-state index contributed by atoms with van der Waals surface area (Å²) in [5.74, 6) is 1.55. The van der Waals surface area contributed by atoms with E-state index < -0.39 is 0 Å². The number of benzene rings is 2. The molecule has 1 N–H and O–H groups in total. The zero-order valence-electron chi connectivity index (χ0n) is 14.0. The van der Waals surface area contributed by atoms with Gasteiger partial charge in [0.25, 0.3) is 0 Å². The molecule has 1 aromatic heterocycles. The highest BCUT2D eigenvalue weighted by atomic mass is 79.9. The van der Waals surface area contributed by atoms with Crippen molar-refractivity contribution in [2.75, 3.05) is 16.8 Å². The standard InChI is InChI=1S/C20H19BrN4/c1-14-13-19(23-17-10-4-3-9-16(17)21)24-20(22-14)25-12-6-8-15-7-2-5-11-18(15)25/h2-5,7,9-11,13H,6,8,12H2,1H3,(H,22,23,24). The normalized spacial score (nSPS) is 13.4. The monoisotopic (exact) mass is 394 g/mol. The predicted molar refractivity (Wildman–Crippen MR) is 106 cm³/mol. The molecule has 4 rings (SSSR count). The molecule has 0 amide bonds. The van der Waals surface area contributed by atoms with Crippen molar-refractivity contribution in [3.05, 3.63) is 70.3 Å². The predicted octanol–water partition coefficient (Wildman–Crippen LogP) is 5.38. The van der Waals surface area contributed by atoms with E-state index in [1.54, 1.807) is 0 Å². The molecule has 2 heterocycles. The van der Waals surface area contributed by atoms with Gasteiger partial charge in [-0.2, -0.15) is 4.98 Å². The van der Waals surface area contributed by atoms with Crippen LogP contribution in [-0.4, -0.2) is 16.5 Å². The first kappa shape index (κ1) is 16.1. The van der Waals surface area contributed by atoms with E-state index in [4.69, 9.17) is 4.98 Å². The van der Waals surface area contributed by atoms with E-state index in [1.165, 1.54) is 11.3 Å². The molecule has 0 aliphatic carbocycles. The third kappa shape index (κ3) is 3.37. The van der Waals surface area contributed by atoms with Crippen LogP contribution >= 0.6 is 15.9 Å². The number of aryl methyl sites for hydroxylation is 2. The lowest BCUT2D eigenvalue weighted by Gasteiger charge is -2.29. The summed E-state index contributed by atoms with van der Waals surface area (Å²) >= 11 is 3.57. The molecule has 0 bridgehead atoms. The van der Waals surface area contributed by atoms with E-state index in [0.717, 1.165) is 47.0 Å². The van der Waals surface area contributed by atoms with Gasteiger partial charge >= 0.3 is 0 Å². The maximum Gasteiger partial charge on any atom is 0.232 e. The van der Waals surface area contributed by atoms with Crippen LogP contribution in [0.1, 0.15) is 17.7 Å². The van der Waals surface area contributed by atoms with Gasteiger partial charge < -0.3 is 10.2 Å². The smallest absolute Gasteiger partial charge is 0.232 e. The van der Waals surface area contributed by atoms with Crippen LogP contribution in [0.2, 0.25) is 0 Å². The third-order valence-corrected chi connectivity index (χ3v) is 5.02. The molecule has 0 spiro atoms. The summed E-state index contributed by atoms with van der Waals surface area (Å²) in [6, 6.07) is 18.5. The molecule has 126 valence electrons. The Hall–Kier alpha value is -2.40. The Morgan fingerprint density at radius 3 is 2.72 bits per heavy atom. The second-order valence-corrected chi connectivity index (χ2v) is 7.04. The molecule has 0 radical (unpaired) electrons. The fraction of sp³-hybridized carbons (Fsp3) is 0.200. The van der Waals surface area contributed by atoms with Crippen molar-refractivity contribution in [3.8, 4) is 0 Å². The van der Waals surface area contributed by atoms with Crippen LogP contribution in [0.3, 0.4) is 0 Å². The van der Waals surface area contributed by atoms with Crippen LogP contribution < -0.4 is 10.2 Å². The number of hydrogen-bond donors (Lipinski definition) is 1. The molecule has 0 fully saturated rings. The van der Waals surface area contributed by atoms with Crippen molar-refractivity contribution in [3.63, 3.8) is 0 Å². The lowest BCUT2D eigenvalue weighted by Crippen LogP contribution is -2.26. The first-order valence-electron chi connectivity index (χ1n) is 8.43. The Kier molecular flexibility index (Phi) is 4.40. The summed E-state index contributed by atoms with van der Waals surface area (Å²) in [6.07, 6.45) is 2.22. The highest BCUT2D eigenvalue weighted by Gasteiger charge is 2.20. The average molecular weight is 395 g/mol. The molecule has 1 aliphatic rings. The number of anilines is 4. The van der Waals surface area contributed by atoms with E-state index in [9.17, 15) is 0 Å². The minimum absolute atomic E-state index is 0.752. The van der Waals surface area contributed by atoms with Gasteiger partial charge in [-0.05, 0) is 59.5 Å². The lowest BCUT2D eigenvalue weighted by atomic mass is 10.0. The van der Waals surface area contributed by atoms with Crippen molar-refractivity contribution >= 4 is 39.1 Å². The fourth-order valence-electron chi connectivity index (χ4n) is 3.18. The molecule has 5 heteroatoms. The number of aromatic nitrogens is 2. The van der Waals surface area contributed by atoms with Gasteiger partial charge in [-0.25, -0.2) is 4.98 Å². The summed E-state index contributed by atoms with van der Waals surface area (Å²) in [5, 5.41) is 3.39. The quantitative estimate of drug-likeness (QED) is 0.647. The Morgan fingerprint density at radius 1 is 1.04 bits per heavy atom. The minimum atomic E-state index is 0.752. The van der Waals surface area contributed by atoms with Gasteiger partial charge in [0.15, 0.2) is 0 Å². The van der Waals surface area contributed by atoms with Gasteiger partial charge in [-0.3, -0.25) is 0 Å². The molecule has 3 aromatic rings. The lowest BCUT2D eigenvalue weighted by molar-refractivity contribution is 0.749. The van der Waals surface area contributed by atoms with Crippen molar-refractivity contribution in [2.24, 2.45) is 0 Å². The SMILES string of the molecule is Cc1cc(Nc2ccccc2Br)nc(N2CCCc3ccccc32)n1. The molecular formula is C20H19BrN4. The highest BCUT2D eigenvalue weighted by molar-refractivity contribution is 9.10. The number of fused-ring (bicyclic) bond motifs is 1. The third-order valence-electron chi connectivity index (χ3n) is 4.33. The van der Waals surface area contributed by atoms with Gasteiger partial charge in [0.1, 0.15) is 5.82 Å². The van der Waals surface area contributed by atoms with Gasteiger partial charge in [-0.1, -0.05) is 30.3 Å². The Morgan fingerprint density at radius 2 is 1.84 bits per heavy atom. The largest absolute Gasteiger partial charge is 0.339 e. The highest BCUT2D eigenvalue weighted by Crippen LogP contribution is 2.32. The van der Waals surface area contributed by atoms with Crippen molar-refractivity contribution in [1.82, 2.24) is 9.97 Å². The maximum atomic E-state index is 4.78. The Labute approximate surface area is 156 Å². The summed E-state index contributed by atoms with van der Waals surface area (Å²) in [7, 11) is 0. The molecule has 0 saturated carbocycles. The number of hydrogen-bond acceptors (Lipinski definition) is 4. The Bertz CT molecular complexity index is 910. The Balaban J connectivity index is 1.70. The van der Waals surface area contributed by atoms with Crippen molar-refractivity contribution in [1.29, 1.82) is 0 Å². The van der Waals surface area contributed by atoms with E-state index in [0.29, 0.717) is 0 Å². The number of rotatable bonds is 3. The second kappa shape index (κ2) is 6.84. The average Bonchev–Trinajstić information content (AvgIpc) is 2.63. The summed E-state index contributed by atoms with van der Waals surface area (Å²) in [4.78, 5) is 11.7. The van der Waals surface area contributed by atoms with E-state index in [1.807, 2.05) is 37.3 Å². The van der Waals surface area contributed by atoms with E-state index >= 15 is 0 Å². The maximum absolute atomic E-state index is 4.78. The van der Waals surface area contributed by atoms with Gasteiger partial charge in [0.2, 0.25) is 5.95 Å². The molecule has 25 heavy (non-hydrogen) atoms. The van der Waals surface area contributed by atoms with Crippen LogP contribution in [0.15, 0.2) is 59.1 Å². The zero-order chi connectivity index (χ0) is 17.2. The first-order chi connectivity index (χ1) is 12.2. The fourth-order valence-corrected chi connectivity index (χ4v) is 3.56. The van der Waals surface area contributed by atoms with Crippen molar-refractivity contribution < 1.29 is 0 Å². The summed E-state index contributed by atoms with van der Waals surface area (Å²) < 4.78 is 1.01. The molecule has 2 aromatic carbocycles. The second-order valence-electron chi connectivity index (χ2n) is 6.18. The first-order valence-corrected chi connectivity index (χ1v) is 9.23. The molecule has 0 saturated heterocycles. The van der Waals surface area contributed by atoms with Crippen LogP contribution in [0.25, 0.3) is 0 Å². The molecule has 4 nitrogen and oxygen atoms in total. The van der Waals surface area contributed by atoms with Crippen LogP contribution in [0, 0.1) is 6.92 Å². The molecular weight excluding hydrogens is 376 g/mol. The topological polar surface area (TPSA) is 41.1 Å². The van der Waals surface area contributed by atoms with Crippen LogP contribution in [-0.2, 0) is 6.42 Å².